The molecule has 0 N–H and O–H groups in total. The van der Waals surface area contributed by atoms with E-state index in [1.54, 1.807) is 0 Å². The molecule has 0 spiro atoms. The first kappa shape index (κ1) is 12.4. The molecule has 0 saturated carbocycles. The van der Waals surface area contributed by atoms with E-state index >= 15 is 0 Å². The Morgan fingerprint density at radius 3 is 2.00 bits per heavy atom. The lowest BCUT2D eigenvalue weighted by Gasteiger charge is -2.24. The highest BCUT2D eigenvalue weighted by Crippen LogP contribution is 2.32. The maximum atomic E-state index is 4.48. The molecule has 0 radical (unpaired) electrons. The lowest BCUT2D eigenvalue weighted by molar-refractivity contribution is 1.18. The van der Waals surface area contributed by atoms with Gasteiger partial charge in [-0.15, -0.1) is 0 Å². The second kappa shape index (κ2) is 5.57. The first-order valence-corrected chi connectivity index (χ1v) is 6.67. The molecule has 3 rings (SSSR count). The van der Waals surface area contributed by atoms with Gasteiger partial charge in [0.2, 0.25) is 0 Å². The van der Waals surface area contributed by atoms with Gasteiger partial charge in [0.15, 0.2) is 0 Å². The quantitative estimate of drug-likeness (QED) is 0.668. The largest absolute Gasteiger partial charge is 0.295 e. The average molecular weight is 260 g/mol. The van der Waals surface area contributed by atoms with E-state index in [4.69, 9.17) is 0 Å². The van der Waals surface area contributed by atoms with Gasteiger partial charge in [0.25, 0.3) is 0 Å². The third-order valence-corrected chi connectivity index (χ3v) is 3.18. The van der Waals surface area contributed by atoms with Crippen molar-refractivity contribution in [3.63, 3.8) is 0 Å². The van der Waals surface area contributed by atoms with E-state index in [2.05, 4.69) is 53.2 Å². The summed E-state index contributed by atoms with van der Waals surface area (Å²) in [4.78, 5) is 6.63. The molecule has 1 aromatic heterocycles. The Bertz CT molecular complexity index is 621. The van der Waals surface area contributed by atoms with Crippen molar-refractivity contribution >= 4 is 17.2 Å². The highest BCUT2D eigenvalue weighted by atomic mass is 15.2. The van der Waals surface area contributed by atoms with Crippen molar-refractivity contribution in [2.75, 3.05) is 4.90 Å². The number of hydrogen-bond donors (Lipinski definition) is 0. The lowest BCUT2D eigenvalue weighted by Crippen LogP contribution is -2.11. The number of anilines is 3. The minimum Gasteiger partial charge on any atom is -0.295 e. The molecule has 0 unspecified atom stereocenters. The van der Waals surface area contributed by atoms with Gasteiger partial charge in [-0.3, -0.25) is 4.90 Å². The molecule has 3 aromatic rings. The van der Waals surface area contributed by atoms with E-state index in [1.165, 1.54) is 5.56 Å². The molecule has 2 nitrogen and oxygen atoms in total. The van der Waals surface area contributed by atoms with Gasteiger partial charge < -0.3 is 0 Å². The van der Waals surface area contributed by atoms with Crippen LogP contribution >= 0.6 is 0 Å². The first-order chi connectivity index (χ1) is 9.84. The summed E-state index contributed by atoms with van der Waals surface area (Å²) >= 11 is 0. The number of rotatable bonds is 3. The van der Waals surface area contributed by atoms with Gasteiger partial charge in [0, 0.05) is 17.6 Å². The summed E-state index contributed by atoms with van der Waals surface area (Å²) in [6.45, 7) is 2.09. The van der Waals surface area contributed by atoms with Crippen molar-refractivity contribution in [1.29, 1.82) is 0 Å². The van der Waals surface area contributed by atoms with E-state index in [0.717, 1.165) is 17.2 Å². The molecule has 0 amide bonds. The van der Waals surface area contributed by atoms with E-state index in [1.807, 2.05) is 42.6 Å². The van der Waals surface area contributed by atoms with Gasteiger partial charge in [0.1, 0.15) is 5.82 Å². The molecule has 2 heteroatoms. The van der Waals surface area contributed by atoms with Gasteiger partial charge in [-0.05, 0) is 43.3 Å². The van der Waals surface area contributed by atoms with Crippen molar-refractivity contribution in [2.24, 2.45) is 0 Å². The summed E-state index contributed by atoms with van der Waals surface area (Å²) in [5.74, 6) is 0.919. The third kappa shape index (κ3) is 2.54. The van der Waals surface area contributed by atoms with E-state index in [0.29, 0.717) is 0 Å². The van der Waals surface area contributed by atoms with Crippen LogP contribution in [-0.4, -0.2) is 4.98 Å². The number of benzene rings is 2. The number of para-hydroxylation sites is 1. The number of pyridine rings is 1. The molecule has 2 aromatic carbocycles. The molecule has 0 aliphatic rings. The van der Waals surface area contributed by atoms with Gasteiger partial charge in [-0.25, -0.2) is 4.98 Å². The fraction of sp³-hybridized carbons (Fsp3) is 0.0556. The zero-order chi connectivity index (χ0) is 13.8. The molecule has 0 aliphatic carbocycles. The Morgan fingerprint density at radius 2 is 1.35 bits per heavy atom. The minimum atomic E-state index is 0.919. The van der Waals surface area contributed by atoms with Crippen LogP contribution in [0.1, 0.15) is 5.56 Å². The minimum absolute atomic E-state index is 0.919. The zero-order valence-corrected chi connectivity index (χ0v) is 11.4. The molecule has 0 saturated heterocycles. The highest BCUT2D eigenvalue weighted by molar-refractivity contribution is 5.74. The van der Waals surface area contributed by atoms with Gasteiger partial charge in [0.05, 0.1) is 0 Å². The number of aromatic nitrogens is 1. The smallest absolute Gasteiger partial charge is 0.137 e. The monoisotopic (exact) mass is 260 g/mol. The van der Waals surface area contributed by atoms with Crippen molar-refractivity contribution in [2.45, 2.75) is 6.92 Å². The fourth-order valence-corrected chi connectivity index (χ4v) is 2.17. The SMILES string of the molecule is Cc1ccc(N(c2ccccc2)c2ccccn2)cc1. The third-order valence-electron chi connectivity index (χ3n) is 3.18. The summed E-state index contributed by atoms with van der Waals surface area (Å²) in [5.41, 5.74) is 3.47. The van der Waals surface area contributed by atoms with Crippen LogP contribution in [0.15, 0.2) is 79.0 Å². The Kier molecular flexibility index (Phi) is 3.46. The van der Waals surface area contributed by atoms with Crippen LogP contribution in [-0.2, 0) is 0 Å². The second-order valence-corrected chi connectivity index (χ2v) is 4.69. The molecular formula is C18H16N2. The van der Waals surface area contributed by atoms with Crippen molar-refractivity contribution < 1.29 is 0 Å². The van der Waals surface area contributed by atoms with E-state index in [-0.39, 0.29) is 0 Å². The van der Waals surface area contributed by atoms with Crippen molar-refractivity contribution in [1.82, 2.24) is 4.98 Å². The van der Waals surface area contributed by atoms with Gasteiger partial charge >= 0.3 is 0 Å². The predicted molar refractivity (Wildman–Crippen MR) is 83.7 cm³/mol. The molecule has 0 aliphatic heterocycles. The molecule has 0 fully saturated rings. The summed E-state index contributed by atoms with van der Waals surface area (Å²) in [7, 11) is 0. The normalized spacial score (nSPS) is 10.2. The summed E-state index contributed by atoms with van der Waals surface area (Å²) in [6, 6.07) is 24.7. The van der Waals surface area contributed by atoms with Gasteiger partial charge in [-0.1, -0.05) is 42.0 Å². The Hall–Kier alpha value is -2.61. The molecule has 98 valence electrons. The van der Waals surface area contributed by atoms with E-state index < -0.39 is 0 Å². The topological polar surface area (TPSA) is 16.1 Å². The second-order valence-electron chi connectivity index (χ2n) is 4.69. The predicted octanol–water partition coefficient (Wildman–Crippen LogP) is 4.86. The molecule has 0 atom stereocenters. The molecule has 1 heterocycles. The van der Waals surface area contributed by atoms with Crippen LogP contribution in [0.2, 0.25) is 0 Å². The first-order valence-electron chi connectivity index (χ1n) is 6.67. The zero-order valence-electron chi connectivity index (χ0n) is 11.4. The highest BCUT2D eigenvalue weighted by Gasteiger charge is 2.12. The molecule has 0 bridgehead atoms. The van der Waals surface area contributed by atoms with Crippen LogP contribution in [0.5, 0.6) is 0 Å². The van der Waals surface area contributed by atoms with Crippen LogP contribution in [0, 0.1) is 6.92 Å². The maximum absolute atomic E-state index is 4.48. The van der Waals surface area contributed by atoms with Gasteiger partial charge in [-0.2, -0.15) is 0 Å². The Morgan fingerprint density at radius 1 is 0.700 bits per heavy atom. The van der Waals surface area contributed by atoms with Crippen molar-refractivity contribution in [3.05, 3.63) is 84.6 Å². The molecule has 20 heavy (non-hydrogen) atoms. The summed E-state index contributed by atoms with van der Waals surface area (Å²) in [6.07, 6.45) is 1.82. The Balaban J connectivity index is 2.11. The average Bonchev–Trinajstić information content (AvgIpc) is 2.52. The Labute approximate surface area is 119 Å². The summed E-state index contributed by atoms with van der Waals surface area (Å²) < 4.78 is 0. The lowest BCUT2D eigenvalue weighted by atomic mass is 10.2. The summed E-state index contributed by atoms with van der Waals surface area (Å²) in [5, 5.41) is 0. The molecular weight excluding hydrogens is 244 g/mol. The fourth-order valence-electron chi connectivity index (χ4n) is 2.17. The van der Waals surface area contributed by atoms with Crippen molar-refractivity contribution in [3.8, 4) is 0 Å². The van der Waals surface area contributed by atoms with Crippen LogP contribution in [0.4, 0.5) is 17.2 Å². The van der Waals surface area contributed by atoms with Crippen LogP contribution in [0.3, 0.4) is 0 Å². The van der Waals surface area contributed by atoms with E-state index in [9.17, 15) is 0 Å². The number of hydrogen-bond acceptors (Lipinski definition) is 2. The van der Waals surface area contributed by atoms with Crippen LogP contribution < -0.4 is 4.90 Å². The standard InChI is InChI=1S/C18H16N2/c1-15-10-12-17(13-11-15)20(16-7-3-2-4-8-16)18-9-5-6-14-19-18/h2-14H,1H3. The number of nitrogens with zero attached hydrogens (tertiary/aromatic N) is 2. The number of aryl methyl sites for hydroxylation is 1. The maximum Gasteiger partial charge on any atom is 0.137 e. The van der Waals surface area contributed by atoms with Crippen LogP contribution in [0.25, 0.3) is 0 Å².